The van der Waals surface area contributed by atoms with Gasteiger partial charge in [-0.1, -0.05) is 56.1 Å². The van der Waals surface area contributed by atoms with Crippen LogP contribution in [0.4, 0.5) is 0 Å². The lowest BCUT2D eigenvalue weighted by atomic mass is 10.2. The maximum absolute atomic E-state index is 10.4. The maximum atomic E-state index is 10.4. The third-order valence-corrected chi connectivity index (χ3v) is 2.04. The summed E-state index contributed by atoms with van der Waals surface area (Å²) in [5.74, 6) is -0.845. The van der Waals surface area contributed by atoms with Crippen molar-refractivity contribution >= 4 is 5.97 Å². The lowest BCUT2D eigenvalue weighted by Crippen LogP contribution is -1.92. The third-order valence-electron chi connectivity index (χ3n) is 2.04. The zero-order valence-corrected chi connectivity index (χ0v) is 10.9. The Labute approximate surface area is 133 Å². The number of hydrogen-bond acceptors (Lipinski definition) is 1. The molecule has 0 heterocycles. The van der Waals surface area contributed by atoms with Gasteiger partial charge >= 0.3 is 5.97 Å². The van der Waals surface area contributed by atoms with Crippen molar-refractivity contribution in [1.82, 2.24) is 0 Å². The van der Waals surface area contributed by atoms with Gasteiger partial charge in [-0.25, -0.2) is 0 Å². The zero-order chi connectivity index (χ0) is 23.9. The van der Waals surface area contributed by atoms with Crippen molar-refractivity contribution in [3.8, 4) is 0 Å². The molecule has 0 fully saturated rings. The Bertz CT molecular complexity index is 647. The van der Waals surface area contributed by atoms with Gasteiger partial charge in [0, 0.05) is 21.5 Å². The van der Waals surface area contributed by atoms with E-state index >= 15 is 0 Å². The highest BCUT2D eigenvalue weighted by molar-refractivity contribution is 5.66. The highest BCUT2D eigenvalue weighted by Gasteiger charge is 1.92. The van der Waals surface area contributed by atoms with Crippen molar-refractivity contribution in [2.24, 2.45) is 0 Å². The van der Waals surface area contributed by atoms with E-state index in [1.54, 1.807) is 12.2 Å². The summed E-state index contributed by atoms with van der Waals surface area (Å²) >= 11 is 0. The van der Waals surface area contributed by atoms with Crippen molar-refractivity contribution in [3.63, 3.8) is 0 Å². The Morgan fingerprint density at radius 2 is 1.79 bits per heavy atom. The van der Waals surface area contributed by atoms with Crippen LogP contribution in [0.5, 0.6) is 0 Å². The van der Waals surface area contributed by atoms with Crippen LogP contribution in [0.1, 0.15) is 79.5 Å². The highest BCUT2D eigenvalue weighted by Crippen LogP contribution is 2.01. The number of unbranched alkanes of at least 4 members (excludes halogenated alkanes) is 1. The van der Waals surface area contributed by atoms with E-state index < -0.39 is 38.3 Å². The third kappa shape index (κ3) is 16.7. The van der Waals surface area contributed by atoms with Crippen LogP contribution in [0.2, 0.25) is 0 Å². The van der Waals surface area contributed by atoms with Crippen LogP contribution in [-0.2, 0) is 4.79 Å². The average molecular weight is 275 g/mol. The van der Waals surface area contributed by atoms with Crippen molar-refractivity contribution in [2.45, 2.75) is 64.4 Å². The molecule has 0 aromatic heterocycles. The van der Waals surface area contributed by atoms with Crippen LogP contribution in [0.3, 0.4) is 0 Å². The van der Waals surface area contributed by atoms with E-state index in [4.69, 9.17) is 20.2 Å². The van der Waals surface area contributed by atoms with Gasteiger partial charge in [-0.2, -0.15) is 0 Å². The number of carbonyl (C=O) groups is 1. The predicted octanol–water partition coefficient (Wildman–Crippen LogP) is 5.27. The summed E-state index contributed by atoms with van der Waals surface area (Å²) in [7, 11) is 0. The number of carboxylic acid groups (broad SMARTS) is 1. The fraction of sp³-hybridized carbons (Fsp3) is 0.588. The first kappa shape index (κ1) is 6.43. The quantitative estimate of drug-likeness (QED) is 0.389. The van der Waals surface area contributed by atoms with E-state index in [0.29, 0.717) is 19.3 Å². The first-order chi connectivity index (χ1) is 13.4. The molecule has 0 unspecified atom stereocenters. The number of hydrogen-bond donors (Lipinski definition) is 1. The molecule has 2 heteroatoms. The van der Waals surface area contributed by atoms with Gasteiger partial charge in [-0.05, 0) is 38.4 Å². The monoisotopic (exact) mass is 275 g/mol. The molecule has 0 aliphatic rings. The Hall–Kier alpha value is -1.31. The van der Waals surface area contributed by atoms with Gasteiger partial charge in [-0.15, -0.1) is 0 Å². The van der Waals surface area contributed by atoms with Crippen LogP contribution < -0.4 is 0 Å². The van der Waals surface area contributed by atoms with E-state index in [1.165, 1.54) is 6.08 Å². The van der Waals surface area contributed by atoms with Crippen molar-refractivity contribution in [2.75, 3.05) is 0 Å². The molecule has 0 radical (unpaired) electrons. The molecule has 0 aliphatic heterocycles. The molecule has 0 aliphatic carbocycles. The second-order valence-corrected chi connectivity index (χ2v) is 3.62. The van der Waals surface area contributed by atoms with E-state index in [2.05, 4.69) is 0 Å². The van der Waals surface area contributed by atoms with Gasteiger partial charge in [0.2, 0.25) is 0 Å². The molecule has 0 aromatic carbocycles. The van der Waals surface area contributed by atoms with Crippen LogP contribution >= 0.6 is 0 Å². The molecule has 0 aromatic rings. The maximum Gasteiger partial charge on any atom is 0.303 e. The zero-order valence-electron chi connectivity index (χ0n) is 21.9. The molecule has 0 rings (SSSR count). The highest BCUT2D eigenvalue weighted by atomic mass is 16.4. The van der Waals surface area contributed by atoms with Crippen LogP contribution in [0.25, 0.3) is 0 Å². The molecule has 0 spiro atoms. The van der Waals surface area contributed by atoms with Gasteiger partial charge in [-0.3, -0.25) is 4.79 Å². The van der Waals surface area contributed by atoms with Gasteiger partial charge in [0.05, 0.1) is 0 Å². The van der Waals surface area contributed by atoms with E-state index in [1.807, 2.05) is 12.2 Å². The van der Waals surface area contributed by atoms with Gasteiger partial charge < -0.3 is 5.11 Å². The molecule has 1 N–H and O–H groups in total. The Morgan fingerprint density at radius 1 is 1.11 bits per heavy atom. The number of carboxylic acids is 1. The fourth-order valence-corrected chi connectivity index (χ4v) is 1.17. The summed E-state index contributed by atoms with van der Waals surface area (Å²) in [6, 6.07) is 0. The largest absolute Gasteiger partial charge is 0.481 e. The molecule has 0 amide bonds. The fourth-order valence-electron chi connectivity index (χ4n) is 1.17. The molecule has 0 saturated heterocycles. The number of allylic oxidation sites excluding steroid dienone is 6. The number of aliphatic carboxylic acids is 1. The van der Waals surface area contributed by atoms with Gasteiger partial charge in [0.15, 0.2) is 0 Å². The average Bonchev–Trinajstić information content (AvgIpc) is 2.57. The molecule has 19 heavy (non-hydrogen) atoms. The molecule has 0 atom stereocenters. The van der Waals surface area contributed by atoms with E-state index in [0.717, 1.165) is 6.08 Å². The first-order valence-electron chi connectivity index (χ1n) is 11.6. The normalized spacial score (nSPS) is 24.3. The molecular weight excluding hydrogens is 236 g/mol. The SMILES string of the molecule is [2H]C([2H])([2H])C([2H])([2H])C([2H])([2H])C([2H])([2H])C([2H])([2H])/C=C\C/C=C\C/C=C\CCCC(=O)O. The van der Waals surface area contributed by atoms with Gasteiger partial charge in [0.25, 0.3) is 0 Å². The molecular formula is C17H28O2. The number of rotatable bonds is 12. The first-order valence-corrected chi connectivity index (χ1v) is 6.11. The summed E-state index contributed by atoms with van der Waals surface area (Å²) in [5, 5.41) is 8.51. The summed E-state index contributed by atoms with van der Waals surface area (Å²) < 4.78 is 83.4. The standard InChI is InChI=1S/C17H28O2/c1-2-3-4-5-6-7-8-9-10-11-12-13-14-15-16-17(18)19/h6-7,9-10,12-13H,2-5,8,11,14-16H2,1H3,(H,18,19)/b7-6-,10-9-,13-12-/i1D3,2D2,3D2,4D2,5D2. The van der Waals surface area contributed by atoms with Crippen molar-refractivity contribution < 1.29 is 25.0 Å². The van der Waals surface area contributed by atoms with E-state index in [-0.39, 0.29) is 12.8 Å². The van der Waals surface area contributed by atoms with Crippen LogP contribution in [0, 0.1) is 0 Å². The lowest BCUT2D eigenvalue weighted by Gasteiger charge is -1.91. The Morgan fingerprint density at radius 3 is 2.47 bits per heavy atom. The minimum Gasteiger partial charge on any atom is -0.481 e. The second-order valence-electron chi connectivity index (χ2n) is 3.62. The summed E-state index contributed by atoms with van der Waals surface area (Å²) in [6.45, 7) is -3.48. The van der Waals surface area contributed by atoms with Crippen molar-refractivity contribution in [3.05, 3.63) is 36.5 Å². The summed E-state index contributed by atoms with van der Waals surface area (Å²) in [6.07, 6.45) is -2.48. The molecule has 2 nitrogen and oxygen atoms in total. The molecule has 0 saturated carbocycles. The topological polar surface area (TPSA) is 37.3 Å². The van der Waals surface area contributed by atoms with Crippen LogP contribution in [0.15, 0.2) is 36.5 Å². The van der Waals surface area contributed by atoms with E-state index in [9.17, 15) is 4.79 Å². The minimum absolute atomic E-state index is 0.103. The minimum atomic E-state index is -3.64. The molecule has 0 bridgehead atoms. The predicted molar refractivity (Wildman–Crippen MR) is 82.3 cm³/mol. The lowest BCUT2D eigenvalue weighted by molar-refractivity contribution is -0.137. The van der Waals surface area contributed by atoms with Crippen molar-refractivity contribution in [1.29, 1.82) is 0 Å². The Balaban J connectivity index is 4.91. The second kappa shape index (κ2) is 14.7. The summed E-state index contributed by atoms with van der Waals surface area (Å²) in [5.41, 5.74) is 0. The smallest absolute Gasteiger partial charge is 0.303 e. The Kier molecular flexibility index (Phi) is 4.99. The summed E-state index contributed by atoms with van der Waals surface area (Å²) in [4.78, 5) is 10.4. The van der Waals surface area contributed by atoms with Gasteiger partial charge in [0.1, 0.15) is 0 Å². The van der Waals surface area contributed by atoms with Crippen LogP contribution in [-0.4, -0.2) is 11.1 Å². The molecule has 108 valence electrons.